The maximum Gasteiger partial charge on any atom is 0.162 e. The third-order valence-electron chi connectivity index (χ3n) is 22.1. The molecule has 0 spiro atoms. The van der Waals surface area contributed by atoms with Crippen molar-refractivity contribution >= 4 is 66.7 Å². The molecule has 24 heteroatoms. The molecule has 6 aliphatic rings. The first-order valence-corrected chi connectivity index (χ1v) is 35.3. The van der Waals surface area contributed by atoms with Crippen molar-refractivity contribution in [1.29, 1.82) is 0 Å². The summed E-state index contributed by atoms with van der Waals surface area (Å²) in [5.41, 5.74) is 21.4. The van der Waals surface area contributed by atoms with Gasteiger partial charge in [-0.1, -0.05) is 0 Å². The second-order valence-electron chi connectivity index (χ2n) is 28.9. The highest BCUT2D eigenvalue weighted by Crippen LogP contribution is 2.37. The van der Waals surface area contributed by atoms with Crippen molar-refractivity contribution in [2.24, 2.45) is 5.73 Å². The molecule has 6 fully saturated rings. The van der Waals surface area contributed by atoms with Gasteiger partial charge >= 0.3 is 0 Å². The molecular formula is C76H86F3N21. The van der Waals surface area contributed by atoms with E-state index in [0.717, 1.165) is 214 Å². The van der Waals surface area contributed by atoms with E-state index >= 15 is 0 Å². The number of piperazine rings is 2. The second kappa shape index (κ2) is 27.0. The maximum atomic E-state index is 14.1. The summed E-state index contributed by atoms with van der Waals surface area (Å²) in [7, 11) is 4.39. The zero-order valence-electron chi connectivity index (χ0n) is 57.9. The van der Waals surface area contributed by atoms with E-state index in [2.05, 4.69) is 109 Å². The Morgan fingerprint density at radius 2 is 0.740 bits per heavy atom. The molecule has 100 heavy (non-hydrogen) atoms. The number of aromatic nitrogens is 12. The summed E-state index contributed by atoms with van der Waals surface area (Å²) in [5.74, 6) is -0.726. The van der Waals surface area contributed by atoms with Crippen LogP contribution in [-0.4, -0.2) is 226 Å². The van der Waals surface area contributed by atoms with E-state index in [1.165, 1.54) is 24.6 Å². The summed E-state index contributed by atoms with van der Waals surface area (Å²) in [4.78, 5) is 47.3. The molecule has 12 aromatic rings. The Morgan fingerprint density at radius 1 is 0.390 bits per heavy atom. The Labute approximate surface area is 579 Å². The van der Waals surface area contributed by atoms with Crippen LogP contribution in [0.15, 0.2) is 129 Å². The van der Waals surface area contributed by atoms with Gasteiger partial charge in [-0.15, -0.1) is 0 Å². The summed E-state index contributed by atoms with van der Waals surface area (Å²) >= 11 is 0. The fraction of sp³-hybridized carbons (Fsp3) is 0.408. The minimum atomic E-state index is -0.244. The Hall–Kier alpha value is -9.30. The Balaban J connectivity index is 0.000000117. The number of fused-ring (bicyclic) bond motifs is 6. The van der Waals surface area contributed by atoms with Crippen LogP contribution in [0.3, 0.4) is 0 Å². The van der Waals surface area contributed by atoms with Gasteiger partial charge in [-0.2, -0.15) is 15.3 Å². The van der Waals surface area contributed by atoms with Gasteiger partial charge in [0.15, 0.2) is 16.9 Å². The first-order chi connectivity index (χ1) is 48.5. The number of hydrogen-bond donors (Lipinski definition) is 1. The number of piperidine rings is 2. The molecule has 18 rings (SSSR count). The Bertz CT molecular complexity index is 4990. The van der Waals surface area contributed by atoms with Gasteiger partial charge in [0.05, 0.1) is 89.4 Å². The zero-order chi connectivity index (χ0) is 68.5. The lowest BCUT2D eigenvalue weighted by Gasteiger charge is -2.48. The molecule has 9 aromatic heterocycles. The van der Waals surface area contributed by atoms with E-state index in [9.17, 15) is 13.2 Å². The van der Waals surface area contributed by atoms with Crippen molar-refractivity contribution in [3.63, 3.8) is 0 Å². The van der Waals surface area contributed by atoms with Crippen molar-refractivity contribution < 1.29 is 13.2 Å². The Morgan fingerprint density at radius 3 is 1.16 bits per heavy atom. The van der Waals surface area contributed by atoms with Crippen LogP contribution in [0.4, 0.5) is 30.2 Å². The molecule has 0 amide bonds. The summed E-state index contributed by atoms with van der Waals surface area (Å²) in [6.07, 6.45) is 28.4. The fourth-order valence-electron chi connectivity index (χ4n) is 15.6. The first-order valence-electron chi connectivity index (χ1n) is 35.3. The summed E-state index contributed by atoms with van der Waals surface area (Å²) < 4.78 is 47.7. The number of hydrogen-bond acceptors (Lipinski definition) is 18. The fourth-order valence-corrected chi connectivity index (χ4v) is 15.6. The predicted octanol–water partition coefficient (Wildman–Crippen LogP) is 10.2. The number of halogens is 3. The van der Waals surface area contributed by atoms with Crippen LogP contribution in [0.5, 0.6) is 0 Å². The maximum absolute atomic E-state index is 14.1. The third kappa shape index (κ3) is 12.9. The lowest BCUT2D eigenvalue weighted by Crippen LogP contribution is -2.63. The molecule has 0 bridgehead atoms. The molecule has 6 saturated heterocycles. The molecule has 3 aromatic carbocycles. The molecule has 2 N–H and O–H groups in total. The lowest BCUT2D eigenvalue weighted by atomic mass is 9.89. The van der Waals surface area contributed by atoms with Crippen LogP contribution >= 0.6 is 0 Å². The average molecular weight is 1350 g/mol. The SMILES string of the molecule is Cc1cc2c(-c3cnn4cc(N5CC(N6CCN(C)CC6)C5)cnc34)ccnc2cc1F.Cc1cc2c(-c3cnn4cc(N5CCC(N6CCC(C)(N)CC6)CC5)cnc34)ccnc2cc1F.Cc1cc2c(-c3cnn4cc(N5CCC(N6CCN(C)CC6)C5)cnc34)ccnc2cc1F. The number of nitrogens with two attached hydrogens (primary N) is 1. The van der Waals surface area contributed by atoms with E-state index in [1.54, 1.807) is 39.4 Å². The van der Waals surface area contributed by atoms with Crippen LogP contribution in [0.2, 0.25) is 0 Å². The number of pyridine rings is 3. The normalized spacial score (nSPS) is 19.5. The van der Waals surface area contributed by atoms with Gasteiger partial charge < -0.3 is 35.1 Å². The summed E-state index contributed by atoms with van der Waals surface area (Å²) in [5, 5.41) is 16.5. The molecule has 6 aliphatic heterocycles. The standard InChI is InChI=1S/C27H32FN7.C25H28FN7.C24H26FN7/c1-18-13-22-21(3-8-30-25(22)14-24(18)28)23-16-32-35-17-20(15-31-26(23)35)33-9-4-19(5-10-33)34-11-6-27(2,29)7-12-34;1-17-11-21-20(3-5-27-24(21)12-23(17)26)22-14-29-33-16-19(13-28-25(22)33)32-6-4-18(15-32)31-9-7-30(2)8-10-31;1-16-9-20-19(3-4-26-23(20)10-22(16)25)21-12-28-32-15-17(11-27-24(21)32)31-13-18(14-31)30-7-5-29(2)6-8-30/h3,8,13-17,19H,4-7,9-12,29H2,1-2H3;3,5,11-14,16,18H,4,6-10,15H2,1-2H3;3-4,9-12,15,18H,5-8,13-14H2,1-2H3. The van der Waals surface area contributed by atoms with Crippen LogP contribution in [0.25, 0.3) is 83.0 Å². The zero-order valence-corrected chi connectivity index (χ0v) is 57.9. The second-order valence-corrected chi connectivity index (χ2v) is 28.9. The smallest absolute Gasteiger partial charge is 0.162 e. The minimum Gasteiger partial charge on any atom is -0.369 e. The largest absolute Gasteiger partial charge is 0.369 e. The van der Waals surface area contributed by atoms with Gasteiger partial charge in [-0.3, -0.25) is 24.8 Å². The molecule has 516 valence electrons. The number of aryl methyl sites for hydroxylation is 3. The van der Waals surface area contributed by atoms with Gasteiger partial charge in [0.1, 0.15) is 17.5 Å². The highest BCUT2D eigenvalue weighted by Gasteiger charge is 2.36. The van der Waals surface area contributed by atoms with Gasteiger partial charge in [-0.25, -0.2) is 41.7 Å². The van der Waals surface area contributed by atoms with Gasteiger partial charge in [-0.05, 0) is 144 Å². The first kappa shape index (κ1) is 65.3. The van der Waals surface area contributed by atoms with Crippen LogP contribution in [-0.2, 0) is 0 Å². The van der Waals surface area contributed by atoms with Crippen molar-refractivity contribution in [3.05, 3.63) is 163 Å². The number of nitrogens with zero attached hydrogens (tertiary/aromatic N) is 20. The molecule has 1 unspecified atom stereocenters. The van der Waals surface area contributed by atoms with Crippen molar-refractivity contribution in [2.75, 3.05) is 134 Å². The topological polar surface area (TPSA) is 181 Å². The average Bonchev–Trinajstić information content (AvgIpc) is 1.53. The molecular weight excluding hydrogens is 1260 g/mol. The molecule has 0 saturated carbocycles. The van der Waals surface area contributed by atoms with E-state index in [-0.39, 0.29) is 23.0 Å². The Kier molecular flexibility index (Phi) is 17.6. The van der Waals surface area contributed by atoms with Gasteiger partial charge in [0.25, 0.3) is 0 Å². The van der Waals surface area contributed by atoms with E-state index < -0.39 is 0 Å². The quantitative estimate of drug-likeness (QED) is 0.144. The summed E-state index contributed by atoms with van der Waals surface area (Å²) in [6, 6.07) is 17.8. The third-order valence-corrected chi connectivity index (χ3v) is 22.1. The molecule has 0 aliphatic carbocycles. The molecule has 0 radical (unpaired) electrons. The highest BCUT2D eigenvalue weighted by molar-refractivity contribution is 6.00. The predicted molar refractivity (Wildman–Crippen MR) is 389 cm³/mol. The number of rotatable bonds is 9. The molecule has 21 nitrogen and oxygen atoms in total. The molecule has 15 heterocycles. The number of likely N-dealkylation sites (N-methyl/N-ethyl adjacent to an activating group) is 2. The minimum absolute atomic E-state index is 0.00152. The highest BCUT2D eigenvalue weighted by atomic mass is 19.1. The van der Waals surface area contributed by atoms with Crippen molar-refractivity contribution in [1.82, 2.24) is 83.2 Å². The van der Waals surface area contributed by atoms with Gasteiger partial charge in [0.2, 0.25) is 0 Å². The van der Waals surface area contributed by atoms with Crippen LogP contribution in [0.1, 0.15) is 55.7 Å². The van der Waals surface area contributed by atoms with Gasteiger partial charge in [0, 0.05) is 198 Å². The van der Waals surface area contributed by atoms with E-state index in [0.29, 0.717) is 51.4 Å². The van der Waals surface area contributed by atoms with E-state index in [1.807, 2.05) is 87.1 Å². The monoisotopic (exact) mass is 1350 g/mol. The number of likely N-dealkylation sites (tertiary alicyclic amines) is 1. The van der Waals surface area contributed by atoms with Crippen molar-refractivity contribution in [3.8, 4) is 33.4 Å². The van der Waals surface area contributed by atoms with E-state index in [4.69, 9.17) is 20.7 Å². The molecule has 1 atom stereocenters. The van der Waals surface area contributed by atoms with Crippen LogP contribution in [0, 0.1) is 38.2 Å². The lowest BCUT2D eigenvalue weighted by molar-refractivity contribution is 0.0963. The summed E-state index contributed by atoms with van der Waals surface area (Å²) in [6.45, 7) is 25.1. The van der Waals surface area contributed by atoms with Crippen molar-refractivity contribution in [2.45, 2.75) is 83.5 Å². The van der Waals surface area contributed by atoms with Crippen LogP contribution < -0.4 is 20.4 Å². The number of anilines is 3. The number of benzene rings is 3.